The molecule has 1 aliphatic rings. The number of piperazine rings is 1. The summed E-state index contributed by atoms with van der Waals surface area (Å²) in [6.07, 6.45) is 3.18. The van der Waals surface area contributed by atoms with Crippen molar-refractivity contribution in [2.24, 2.45) is 0 Å². The molecular formula is C16H19N5O2. The first-order chi connectivity index (χ1) is 11.0. The number of carboxylic acids is 1. The Kier molecular flexibility index (Phi) is 4.10. The van der Waals surface area contributed by atoms with E-state index >= 15 is 0 Å². The maximum absolute atomic E-state index is 10.9. The normalized spacial score (nSPS) is 14.9. The van der Waals surface area contributed by atoms with Crippen molar-refractivity contribution in [3.8, 4) is 0 Å². The topological polar surface area (TPSA) is 82.5 Å². The van der Waals surface area contributed by atoms with E-state index in [9.17, 15) is 4.79 Å². The van der Waals surface area contributed by atoms with Gasteiger partial charge in [-0.15, -0.1) is 0 Å². The number of anilines is 2. The highest BCUT2D eigenvalue weighted by atomic mass is 16.4. The highest BCUT2D eigenvalue weighted by molar-refractivity contribution is 5.87. The van der Waals surface area contributed by atoms with Crippen molar-refractivity contribution in [2.75, 3.05) is 36.0 Å². The number of pyridine rings is 1. The Labute approximate surface area is 134 Å². The van der Waals surface area contributed by atoms with Crippen LogP contribution < -0.4 is 9.80 Å². The molecule has 1 aliphatic heterocycles. The molecule has 0 atom stereocenters. The summed E-state index contributed by atoms with van der Waals surface area (Å²) in [5.74, 6) is 0.794. The first-order valence-electron chi connectivity index (χ1n) is 7.54. The molecule has 2 aromatic rings. The Morgan fingerprint density at radius 2 is 1.74 bits per heavy atom. The number of carboxylic acid groups (broad SMARTS) is 1. The van der Waals surface area contributed by atoms with Crippen molar-refractivity contribution in [3.05, 3.63) is 41.5 Å². The second kappa shape index (κ2) is 6.20. The molecule has 7 heteroatoms. The van der Waals surface area contributed by atoms with Crippen LogP contribution >= 0.6 is 0 Å². The lowest BCUT2D eigenvalue weighted by Crippen LogP contribution is -2.47. The van der Waals surface area contributed by atoms with Crippen molar-refractivity contribution in [2.45, 2.75) is 13.8 Å². The standard InChI is InChI=1S/C16H19N5O2/c1-11-9-17-12(2)15(19-11)21-7-5-20(6-8-21)14-4-3-13(10-18-14)16(22)23/h3-4,9-10H,5-8H2,1-2H3,(H,22,23). The van der Waals surface area contributed by atoms with Crippen molar-refractivity contribution < 1.29 is 9.90 Å². The van der Waals surface area contributed by atoms with Gasteiger partial charge < -0.3 is 14.9 Å². The summed E-state index contributed by atoms with van der Waals surface area (Å²) < 4.78 is 0. The largest absolute Gasteiger partial charge is 0.478 e. The Morgan fingerprint density at radius 3 is 2.35 bits per heavy atom. The van der Waals surface area contributed by atoms with Gasteiger partial charge in [0.25, 0.3) is 0 Å². The monoisotopic (exact) mass is 313 g/mol. The van der Waals surface area contributed by atoms with E-state index in [1.807, 2.05) is 13.8 Å². The number of aromatic carboxylic acids is 1. The molecule has 1 fully saturated rings. The third-order valence-electron chi connectivity index (χ3n) is 3.95. The summed E-state index contributed by atoms with van der Waals surface area (Å²) in [6.45, 7) is 7.21. The number of hydrogen-bond acceptors (Lipinski definition) is 6. The Hall–Kier alpha value is -2.70. The summed E-state index contributed by atoms with van der Waals surface area (Å²) in [4.78, 5) is 28.5. The fraction of sp³-hybridized carbons (Fsp3) is 0.375. The maximum Gasteiger partial charge on any atom is 0.337 e. The van der Waals surface area contributed by atoms with Crippen LogP contribution in [0.4, 0.5) is 11.6 Å². The van der Waals surface area contributed by atoms with Gasteiger partial charge in [0.1, 0.15) is 11.6 Å². The lowest BCUT2D eigenvalue weighted by Gasteiger charge is -2.36. The minimum absolute atomic E-state index is 0.207. The lowest BCUT2D eigenvalue weighted by molar-refractivity contribution is 0.0696. The highest BCUT2D eigenvalue weighted by Crippen LogP contribution is 2.20. The quantitative estimate of drug-likeness (QED) is 0.919. The van der Waals surface area contributed by atoms with Crippen LogP contribution in [-0.2, 0) is 0 Å². The average Bonchev–Trinajstić information content (AvgIpc) is 2.57. The zero-order valence-electron chi connectivity index (χ0n) is 13.2. The average molecular weight is 313 g/mol. The van der Waals surface area contributed by atoms with Crippen LogP contribution in [0.2, 0.25) is 0 Å². The Bertz CT molecular complexity index is 709. The van der Waals surface area contributed by atoms with Crippen LogP contribution in [-0.4, -0.2) is 52.2 Å². The van der Waals surface area contributed by atoms with Gasteiger partial charge in [-0.25, -0.2) is 14.8 Å². The molecule has 3 heterocycles. The van der Waals surface area contributed by atoms with Crippen LogP contribution in [0.1, 0.15) is 21.7 Å². The maximum atomic E-state index is 10.9. The molecule has 1 N–H and O–H groups in total. The molecule has 3 rings (SSSR count). The SMILES string of the molecule is Cc1cnc(C)c(N2CCN(c3ccc(C(=O)O)cn3)CC2)n1. The Balaban J connectivity index is 1.68. The molecule has 1 saturated heterocycles. The third kappa shape index (κ3) is 3.23. The lowest BCUT2D eigenvalue weighted by atomic mass is 10.2. The van der Waals surface area contributed by atoms with Gasteiger partial charge in [-0.1, -0.05) is 0 Å². The van der Waals surface area contributed by atoms with E-state index in [2.05, 4.69) is 24.8 Å². The van der Waals surface area contributed by atoms with Crippen LogP contribution in [0.15, 0.2) is 24.5 Å². The second-order valence-corrected chi connectivity index (χ2v) is 5.60. The van der Waals surface area contributed by atoms with Gasteiger partial charge in [0.15, 0.2) is 0 Å². The molecule has 23 heavy (non-hydrogen) atoms. The third-order valence-corrected chi connectivity index (χ3v) is 3.95. The summed E-state index contributed by atoms with van der Waals surface area (Å²) in [5.41, 5.74) is 2.06. The van der Waals surface area contributed by atoms with Gasteiger partial charge in [0.2, 0.25) is 0 Å². The number of carbonyl (C=O) groups is 1. The van der Waals surface area contributed by atoms with Gasteiger partial charge in [0.05, 0.1) is 17.0 Å². The molecule has 0 saturated carbocycles. The molecule has 0 aliphatic carbocycles. The summed E-state index contributed by atoms with van der Waals surface area (Å²) >= 11 is 0. The van der Waals surface area contributed by atoms with Crippen molar-refractivity contribution in [1.82, 2.24) is 15.0 Å². The number of hydrogen-bond donors (Lipinski definition) is 1. The van der Waals surface area contributed by atoms with Crippen LogP contribution in [0.3, 0.4) is 0 Å². The predicted molar refractivity (Wildman–Crippen MR) is 87.1 cm³/mol. The van der Waals surface area contributed by atoms with E-state index < -0.39 is 5.97 Å². The van der Waals surface area contributed by atoms with E-state index in [4.69, 9.17) is 5.11 Å². The van der Waals surface area contributed by atoms with Crippen LogP contribution in [0.5, 0.6) is 0 Å². The fourth-order valence-corrected chi connectivity index (χ4v) is 2.67. The zero-order chi connectivity index (χ0) is 16.4. The fourth-order valence-electron chi connectivity index (χ4n) is 2.67. The molecule has 0 unspecified atom stereocenters. The van der Waals surface area contributed by atoms with Gasteiger partial charge in [0, 0.05) is 38.6 Å². The first kappa shape index (κ1) is 15.2. The molecule has 7 nitrogen and oxygen atoms in total. The van der Waals surface area contributed by atoms with Gasteiger partial charge in [-0.05, 0) is 26.0 Å². The zero-order valence-corrected chi connectivity index (χ0v) is 13.2. The summed E-state index contributed by atoms with van der Waals surface area (Å²) in [6, 6.07) is 3.35. The number of nitrogens with zero attached hydrogens (tertiary/aromatic N) is 5. The molecule has 0 amide bonds. The molecule has 0 aromatic carbocycles. The first-order valence-corrected chi connectivity index (χ1v) is 7.54. The molecule has 2 aromatic heterocycles. The van der Waals surface area contributed by atoms with Crippen molar-refractivity contribution in [3.63, 3.8) is 0 Å². The van der Waals surface area contributed by atoms with Crippen molar-refractivity contribution in [1.29, 1.82) is 0 Å². The molecule has 120 valence electrons. The van der Waals surface area contributed by atoms with E-state index in [0.29, 0.717) is 0 Å². The summed E-state index contributed by atoms with van der Waals surface area (Å²) in [7, 11) is 0. The van der Waals surface area contributed by atoms with Crippen LogP contribution in [0, 0.1) is 13.8 Å². The molecular weight excluding hydrogens is 294 g/mol. The minimum atomic E-state index is -0.956. The van der Waals surface area contributed by atoms with Crippen molar-refractivity contribution >= 4 is 17.6 Å². The number of rotatable bonds is 3. The molecule has 0 spiro atoms. The number of aromatic nitrogens is 3. The molecule has 0 bridgehead atoms. The minimum Gasteiger partial charge on any atom is -0.478 e. The molecule has 0 radical (unpaired) electrons. The highest BCUT2D eigenvalue weighted by Gasteiger charge is 2.21. The van der Waals surface area contributed by atoms with Gasteiger partial charge in [-0.2, -0.15) is 0 Å². The van der Waals surface area contributed by atoms with Gasteiger partial charge >= 0.3 is 5.97 Å². The van der Waals surface area contributed by atoms with Gasteiger partial charge in [-0.3, -0.25) is 4.98 Å². The number of aryl methyl sites for hydroxylation is 2. The second-order valence-electron chi connectivity index (χ2n) is 5.60. The van der Waals surface area contributed by atoms with Crippen LogP contribution in [0.25, 0.3) is 0 Å². The van der Waals surface area contributed by atoms with E-state index in [1.165, 1.54) is 6.20 Å². The smallest absolute Gasteiger partial charge is 0.337 e. The predicted octanol–water partition coefficient (Wildman–Crippen LogP) is 1.51. The Morgan fingerprint density at radius 1 is 1.04 bits per heavy atom. The van der Waals surface area contributed by atoms with E-state index in [0.717, 1.165) is 49.2 Å². The summed E-state index contributed by atoms with van der Waals surface area (Å²) in [5, 5.41) is 8.92. The van der Waals surface area contributed by atoms with E-state index in [1.54, 1.807) is 18.3 Å². The van der Waals surface area contributed by atoms with E-state index in [-0.39, 0.29) is 5.56 Å².